The minimum absolute atomic E-state index is 0.000487. The largest absolute Gasteiger partial charge is 0.304 e. The highest BCUT2D eigenvalue weighted by Crippen LogP contribution is 2.68. The number of nitrogens with zero attached hydrogens (tertiary/aromatic N) is 6. The van der Waals surface area contributed by atoms with Crippen LogP contribution in [0.25, 0.3) is 0 Å². The van der Waals surface area contributed by atoms with Crippen molar-refractivity contribution in [1.29, 1.82) is 0 Å². The summed E-state index contributed by atoms with van der Waals surface area (Å²) in [5.74, 6) is -1.93. The predicted molar refractivity (Wildman–Crippen MR) is 129 cm³/mol. The first-order valence-electron chi connectivity index (χ1n) is 13.6. The molecular weight excluding hydrogens is 460 g/mol. The van der Waals surface area contributed by atoms with Crippen LogP contribution in [0, 0.1) is 47.3 Å². The van der Waals surface area contributed by atoms with Crippen molar-refractivity contribution in [3.8, 4) is 0 Å². The lowest BCUT2D eigenvalue weighted by Gasteiger charge is -2.60. The monoisotopic (exact) mass is 496 g/mol. The minimum Gasteiger partial charge on any atom is -0.304 e. The van der Waals surface area contributed by atoms with E-state index in [1.54, 1.807) is 0 Å². The van der Waals surface area contributed by atoms with Crippen molar-refractivity contribution in [2.45, 2.75) is 0 Å². The number of allylic oxidation sites excluding steroid dienone is 2. The van der Waals surface area contributed by atoms with Crippen LogP contribution in [0.5, 0.6) is 0 Å². The van der Waals surface area contributed by atoms with Gasteiger partial charge in [-0.25, -0.2) is 0 Å². The Morgan fingerprint density at radius 3 is 1.25 bits per heavy atom. The molecule has 8 atom stereocenters. The van der Waals surface area contributed by atoms with Gasteiger partial charge in [-0.1, -0.05) is 12.2 Å². The number of imide groups is 2. The van der Waals surface area contributed by atoms with Gasteiger partial charge in [0.2, 0.25) is 23.6 Å². The second kappa shape index (κ2) is 8.18. The second-order valence-electron chi connectivity index (χ2n) is 12.1. The molecule has 2 saturated carbocycles. The first kappa shape index (κ1) is 23.0. The van der Waals surface area contributed by atoms with Crippen molar-refractivity contribution in [2.75, 3.05) is 79.8 Å². The molecule has 10 heteroatoms. The predicted octanol–water partition coefficient (Wildman–Crippen LogP) is -1.34. The number of likely N-dealkylation sites (N-methyl/N-ethyl adjacent to an activating group) is 2. The molecule has 8 aliphatic rings. The number of piperazine rings is 2. The fourth-order valence-corrected chi connectivity index (χ4v) is 8.38. The fraction of sp³-hybridized carbons (Fsp3) is 0.769. The summed E-state index contributed by atoms with van der Waals surface area (Å²) >= 11 is 0. The van der Waals surface area contributed by atoms with E-state index >= 15 is 0 Å². The van der Waals surface area contributed by atoms with Gasteiger partial charge in [0, 0.05) is 52.4 Å². The zero-order valence-corrected chi connectivity index (χ0v) is 21.2. The average molecular weight is 497 g/mol. The molecule has 4 aliphatic heterocycles. The van der Waals surface area contributed by atoms with E-state index in [1.165, 1.54) is 9.80 Å². The summed E-state index contributed by atoms with van der Waals surface area (Å²) in [6.07, 6.45) is 4.18. The molecule has 0 radical (unpaired) electrons. The maximum Gasteiger partial charge on any atom is 0.234 e. The Morgan fingerprint density at radius 1 is 0.556 bits per heavy atom. The maximum absolute atomic E-state index is 13.6. The highest BCUT2D eigenvalue weighted by Gasteiger charge is 2.75. The van der Waals surface area contributed by atoms with E-state index in [0.717, 1.165) is 52.4 Å². The van der Waals surface area contributed by atoms with E-state index in [-0.39, 0.29) is 71.0 Å². The summed E-state index contributed by atoms with van der Waals surface area (Å²) in [7, 11) is 4.17. The van der Waals surface area contributed by atoms with Crippen LogP contribution in [-0.2, 0) is 19.2 Å². The van der Waals surface area contributed by atoms with E-state index in [9.17, 15) is 19.2 Å². The fourth-order valence-electron chi connectivity index (χ4n) is 8.38. The number of hydrogen-bond donors (Lipinski definition) is 0. The van der Waals surface area contributed by atoms with Gasteiger partial charge in [-0.15, -0.1) is 0 Å². The molecule has 4 aliphatic carbocycles. The van der Waals surface area contributed by atoms with Gasteiger partial charge in [0.15, 0.2) is 0 Å². The molecule has 0 N–H and O–H groups in total. The van der Waals surface area contributed by atoms with Crippen LogP contribution in [0.1, 0.15) is 0 Å². The number of fused-ring (bicyclic) bond motifs is 1. The van der Waals surface area contributed by atoms with Crippen LogP contribution < -0.4 is 0 Å². The van der Waals surface area contributed by atoms with Crippen molar-refractivity contribution in [2.24, 2.45) is 47.3 Å². The van der Waals surface area contributed by atoms with Crippen LogP contribution in [0.15, 0.2) is 12.2 Å². The summed E-state index contributed by atoms with van der Waals surface area (Å²) < 4.78 is 0. The Kier molecular flexibility index (Phi) is 5.23. The Morgan fingerprint density at radius 2 is 0.889 bits per heavy atom. The lowest BCUT2D eigenvalue weighted by Crippen LogP contribution is -2.63. The molecule has 10 nitrogen and oxygen atoms in total. The van der Waals surface area contributed by atoms with E-state index in [1.807, 2.05) is 0 Å². The Bertz CT molecular complexity index is 975. The molecule has 36 heavy (non-hydrogen) atoms. The first-order chi connectivity index (χ1) is 17.3. The maximum atomic E-state index is 13.6. The topological polar surface area (TPSA) is 87.7 Å². The lowest BCUT2D eigenvalue weighted by atomic mass is 9.40. The number of rotatable bonds is 4. The van der Waals surface area contributed by atoms with Gasteiger partial charge in [0.1, 0.15) is 0 Å². The third-order valence-corrected chi connectivity index (χ3v) is 10.4. The minimum atomic E-state index is -0.378. The molecule has 2 bridgehead atoms. The number of likely N-dealkylation sites (tertiary alicyclic amines) is 2. The van der Waals surface area contributed by atoms with E-state index in [2.05, 4.69) is 45.8 Å². The first-order valence-corrected chi connectivity index (χ1v) is 13.6. The van der Waals surface area contributed by atoms with Crippen molar-refractivity contribution in [3.05, 3.63) is 12.2 Å². The normalized spacial score (nSPS) is 43.3. The zero-order chi connectivity index (χ0) is 24.9. The highest BCUT2D eigenvalue weighted by molar-refractivity contribution is 6.09. The zero-order valence-electron chi connectivity index (χ0n) is 21.2. The van der Waals surface area contributed by atoms with Crippen LogP contribution >= 0.6 is 0 Å². The third-order valence-electron chi connectivity index (χ3n) is 10.4. The molecule has 0 aromatic carbocycles. The number of amides is 4. The van der Waals surface area contributed by atoms with E-state index < -0.39 is 0 Å². The Labute approximate surface area is 211 Å². The molecule has 4 heterocycles. The van der Waals surface area contributed by atoms with Crippen molar-refractivity contribution >= 4 is 23.6 Å². The van der Waals surface area contributed by atoms with Crippen LogP contribution in [-0.4, -0.2) is 133 Å². The van der Waals surface area contributed by atoms with Gasteiger partial charge in [0.05, 0.1) is 37.0 Å². The molecule has 4 saturated heterocycles. The SMILES string of the molecule is CN1CCN(CN2C(=O)[C@H]3[C@H]4C=C[C@@H]([C@@H]3C2=O)[C@H]2[C@H]3C(=O)N(CN5CCN(C)CC5)C(=O)[C@@H]3[C@H]42)CC1. The standard InChI is InChI=1S/C26H36N6O4/c1-27-5-9-29(10-6-27)13-31-23(33)19-15-3-4-16(20(19)24(31)34)18-17(15)21-22(18)26(36)32(25(21)35)14-30-11-7-28(2)8-12-30/h3-4,15-22H,5-14H2,1-2H3/t15-,16+,17-,18-,19+,20+,21-,22-/m1/s1. The van der Waals surface area contributed by atoms with Gasteiger partial charge in [-0.05, 0) is 37.8 Å². The van der Waals surface area contributed by atoms with Gasteiger partial charge in [-0.2, -0.15) is 0 Å². The second-order valence-corrected chi connectivity index (χ2v) is 12.1. The summed E-state index contributed by atoms with van der Waals surface area (Å²) in [5.41, 5.74) is 0. The Balaban J connectivity index is 1.10. The van der Waals surface area contributed by atoms with Crippen molar-refractivity contribution in [3.63, 3.8) is 0 Å². The van der Waals surface area contributed by atoms with Crippen molar-refractivity contribution in [1.82, 2.24) is 29.4 Å². The smallest absolute Gasteiger partial charge is 0.234 e. The average Bonchev–Trinajstić information content (AvgIpc) is 3.22. The lowest BCUT2D eigenvalue weighted by molar-refractivity contribution is -0.166. The highest BCUT2D eigenvalue weighted by atomic mass is 16.2. The van der Waals surface area contributed by atoms with Crippen LogP contribution in [0.4, 0.5) is 0 Å². The van der Waals surface area contributed by atoms with Gasteiger partial charge < -0.3 is 9.80 Å². The number of carbonyl (C=O) groups is 4. The summed E-state index contributed by atoms with van der Waals surface area (Å²) in [6.45, 7) is 7.82. The summed E-state index contributed by atoms with van der Waals surface area (Å²) in [5, 5.41) is 0. The van der Waals surface area contributed by atoms with E-state index in [4.69, 9.17) is 0 Å². The van der Waals surface area contributed by atoms with Crippen LogP contribution in [0.2, 0.25) is 0 Å². The quantitative estimate of drug-likeness (QED) is 0.349. The molecule has 194 valence electrons. The third kappa shape index (κ3) is 3.10. The summed E-state index contributed by atoms with van der Waals surface area (Å²) in [4.78, 5) is 66.1. The van der Waals surface area contributed by atoms with Gasteiger partial charge >= 0.3 is 0 Å². The molecule has 0 aromatic heterocycles. The Hall–Kier alpha value is -2.14. The molecule has 0 aromatic rings. The van der Waals surface area contributed by atoms with Gasteiger partial charge in [0.25, 0.3) is 0 Å². The van der Waals surface area contributed by atoms with Crippen LogP contribution in [0.3, 0.4) is 0 Å². The molecule has 8 rings (SSSR count). The molecule has 0 spiro atoms. The molecular formula is C26H36N6O4. The number of carbonyl (C=O) groups excluding carboxylic acids is 4. The number of hydrogen-bond acceptors (Lipinski definition) is 8. The summed E-state index contributed by atoms with van der Waals surface area (Å²) in [6, 6.07) is 0. The van der Waals surface area contributed by atoms with Gasteiger partial charge in [-0.3, -0.25) is 38.8 Å². The molecule has 0 unspecified atom stereocenters. The van der Waals surface area contributed by atoms with E-state index in [0.29, 0.717) is 13.3 Å². The van der Waals surface area contributed by atoms with Crippen molar-refractivity contribution < 1.29 is 19.2 Å². The molecule has 6 fully saturated rings. The molecule has 4 amide bonds.